The second kappa shape index (κ2) is 5.09. The van der Waals surface area contributed by atoms with Crippen molar-refractivity contribution < 1.29 is 27.5 Å². The standard InChI is InChI=1S/C13H13FN2O5S/c1-6-10(13(15)19)11-8(16(6)5-9(17)18)4-3-7(14)12(11)22(2,20)21/h3-4H,5H2,1-2H3,(H2,15,19)(H,17,18). The molecule has 0 aliphatic heterocycles. The number of nitrogens with zero attached hydrogens (tertiary/aromatic N) is 1. The van der Waals surface area contributed by atoms with Crippen molar-refractivity contribution in [1.29, 1.82) is 0 Å². The van der Waals surface area contributed by atoms with Gasteiger partial charge >= 0.3 is 5.97 Å². The highest BCUT2D eigenvalue weighted by Crippen LogP contribution is 2.33. The van der Waals surface area contributed by atoms with Gasteiger partial charge in [-0.05, 0) is 19.1 Å². The molecule has 2 aromatic rings. The van der Waals surface area contributed by atoms with Crippen LogP contribution in [0.4, 0.5) is 4.39 Å². The fourth-order valence-electron chi connectivity index (χ4n) is 2.51. The molecule has 0 unspecified atom stereocenters. The van der Waals surface area contributed by atoms with E-state index in [-0.39, 0.29) is 22.2 Å². The minimum atomic E-state index is -3.99. The van der Waals surface area contributed by atoms with E-state index in [1.54, 1.807) is 0 Å². The van der Waals surface area contributed by atoms with Gasteiger partial charge in [0.15, 0.2) is 9.84 Å². The van der Waals surface area contributed by atoms with Gasteiger partial charge in [0.25, 0.3) is 5.91 Å². The summed E-state index contributed by atoms with van der Waals surface area (Å²) in [5.41, 5.74) is 5.36. The summed E-state index contributed by atoms with van der Waals surface area (Å²) in [6.07, 6.45) is 0.805. The van der Waals surface area contributed by atoms with Crippen LogP contribution in [0.2, 0.25) is 0 Å². The Labute approximate surface area is 125 Å². The number of benzene rings is 1. The van der Waals surface area contributed by atoms with E-state index in [1.165, 1.54) is 17.6 Å². The Bertz CT molecular complexity index is 914. The van der Waals surface area contributed by atoms with Crippen molar-refractivity contribution in [3.8, 4) is 0 Å². The third-order valence-electron chi connectivity index (χ3n) is 3.31. The fraction of sp³-hybridized carbons (Fsp3) is 0.231. The Morgan fingerprint density at radius 1 is 1.36 bits per heavy atom. The summed E-state index contributed by atoms with van der Waals surface area (Å²) in [6.45, 7) is 0.914. The van der Waals surface area contributed by atoms with Gasteiger partial charge in [-0.3, -0.25) is 9.59 Å². The van der Waals surface area contributed by atoms with Crippen molar-refractivity contribution in [1.82, 2.24) is 4.57 Å². The molecule has 1 amide bonds. The molecule has 118 valence electrons. The number of aliphatic carboxylic acids is 1. The van der Waals surface area contributed by atoms with Gasteiger partial charge in [-0.15, -0.1) is 0 Å². The molecule has 0 bridgehead atoms. The number of carbonyl (C=O) groups excluding carboxylic acids is 1. The normalized spacial score (nSPS) is 11.8. The zero-order valence-electron chi connectivity index (χ0n) is 11.8. The van der Waals surface area contributed by atoms with Crippen molar-refractivity contribution in [2.75, 3.05) is 6.26 Å². The summed E-state index contributed by atoms with van der Waals surface area (Å²) in [6, 6.07) is 2.14. The van der Waals surface area contributed by atoms with Crippen LogP contribution >= 0.6 is 0 Å². The molecule has 2 rings (SSSR count). The third-order valence-corrected chi connectivity index (χ3v) is 4.45. The first kappa shape index (κ1) is 16.0. The highest BCUT2D eigenvalue weighted by Gasteiger charge is 2.27. The molecule has 1 aromatic heterocycles. The number of carboxylic acids is 1. The second-order valence-corrected chi connectivity index (χ2v) is 6.80. The first-order valence-corrected chi connectivity index (χ1v) is 7.97. The fourth-order valence-corrected chi connectivity index (χ4v) is 3.51. The first-order chi connectivity index (χ1) is 10.1. The number of sulfone groups is 1. The largest absolute Gasteiger partial charge is 0.480 e. The maximum absolute atomic E-state index is 14.0. The van der Waals surface area contributed by atoms with Crippen molar-refractivity contribution in [3.63, 3.8) is 0 Å². The maximum atomic E-state index is 14.0. The van der Waals surface area contributed by atoms with Crippen molar-refractivity contribution in [2.24, 2.45) is 5.73 Å². The molecule has 9 heteroatoms. The lowest BCUT2D eigenvalue weighted by Crippen LogP contribution is -2.15. The molecule has 1 aromatic carbocycles. The number of fused-ring (bicyclic) bond motifs is 1. The van der Waals surface area contributed by atoms with Crippen LogP contribution in [-0.4, -0.2) is 36.2 Å². The van der Waals surface area contributed by atoms with Gasteiger partial charge in [-0.1, -0.05) is 0 Å². The molecule has 0 fully saturated rings. The van der Waals surface area contributed by atoms with E-state index in [2.05, 4.69) is 0 Å². The van der Waals surface area contributed by atoms with Crippen LogP contribution in [0, 0.1) is 12.7 Å². The lowest BCUT2D eigenvalue weighted by molar-refractivity contribution is -0.137. The van der Waals surface area contributed by atoms with E-state index < -0.39 is 39.0 Å². The lowest BCUT2D eigenvalue weighted by atomic mass is 10.1. The van der Waals surface area contributed by atoms with Crippen LogP contribution in [0.3, 0.4) is 0 Å². The number of rotatable bonds is 4. The van der Waals surface area contributed by atoms with Gasteiger partial charge in [-0.2, -0.15) is 0 Å². The molecule has 0 spiro atoms. The van der Waals surface area contributed by atoms with Crippen molar-refractivity contribution >= 4 is 32.6 Å². The predicted octanol–water partition coefficient (Wildman–Crippen LogP) is 0.676. The van der Waals surface area contributed by atoms with Crippen LogP contribution in [0.5, 0.6) is 0 Å². The zero-order valence-corrected chi connectivity index (χ0v) is 12.6. The van der Waals surface area contributed by atoms with Crippen LogP contribution in [0.15, 0.2) is 17.0 Å². The molecular formula is C13H13FN2O5S. The molecular weight excluding hydrogens is 315 g/mol. The minimum Gasteiger partial charge on any atom is -0.480 e. The molecule has 0 aliphatic carbocycles. The highest BCUT2D eigenvalue weighted by molar-refractivity contribution is 7.91. The van der Waals surface area contributed by atoms with Gasteiger partial charge in [0, 0.05) is 17.3 Å². The molecule has 3 N–H and O–H groups in total. The third kappa shape index (κ3) is 2.43. The van der Waals surface area contributed by atoms with Crippen LogP contribution in [-0.2, 0) is 21.2 Å². The zero-order chi connectivity index (χ0) is 16.8. The Balaban J connectivity index is 3.09. The lowest BCUT2D eigenvalue weighted by Gasteiger charge is -2.06. The molecule has 0 aliphatic rings. The van der Waals surface area contributed by atoms with Gasteiger partial charge in [0.05, 0.1) is 11.1 Å². The van der Waals surface area contributed by atoms with E-state index in [9.17, 15) is 22.4 Å². The minimum absolute atomic E-state index is 0.121. The molecule has 22 heavy (non-hydrogen) atoms. The number of aromatic nitrogens is 1. The van der Waals surface area contributed by atoms with E-state index in [0.29, 0.717) is 0 Å². The number of hydrogen-bond donors (Lipinski definition) is 2. The Kier molecular flexibility index (Phi) is 3.69. The smallest absolute Gasteiger partial charge is 0.323 e. The second-order valence-electron chi connectivity index (χ2n) is 4.85. The number of hydrogen-bond acceptors (Lipinski definition) is 4. The number of nitrogens with two attached hydrogens (primary N) is 1. The Morgan fingerprint density at radius 3 is 2.41 bits per heavy atom. The van der Waals surface area contributed by atoms with Crippen molar-refractivity contribution in [3.05, 3.63) is 29.2 Å². The summed E-state index contributed by atoms with van der Waals surface area (Å²) in [5.74, 6) is -3.17. The molecule has 7 nitrogen and oxygen atoms in total. The predicted molar refractivity (Wildman–Crippen MR) is 75.9 cm³/mol. The van der Waals surface area contributed by atoms with Crippen molar-refractivity contribution in [2.45, 2.75) is 18.4 Å². The Hall–Kier alpha value is -2.42. The van der Waals surface area contributed by atoms with Gasteiger partial charge < -0.3 is 15.4 Å². The average Bonchev–Trinajstić information content (AvgIpc) is 2.59. The molecule has 0 saturated heterocycles. The van der Waals surface area contributed by atoms with Gasteiger partial charge in [0.1, 0.15) is 17.3 Å². The summed E-state index contributed by atoms with van der Waals surface area (Å²) < 4.78 is 39.0. The first-order valence-electron chi connectivity index (χ1n) is 6.08. The molecule has 1 heterocycles. The Morgan fingerprint density at radius 2 is 1.95 bits per heavy atom. The number of amides is 1. The summed E-state index contributed by atoms with van der Waals surface area (Å²) in [5, 5.41) is 8.77. The number of halogens is 1. The molecule has 0 saturated carbocycles. The van der Waals surface area contributed by atoms with E-state index >= 15 is 0 Å². The quantitative estimate of drug-likeness (QED) is 0.855. The monoisotopic (exact) mass is 328 g/mol. The van der Waals surface area contributed by atoms with Crippen LogP contribution < -0.4 is 5.73 Å². The highest BCUT2D eigenvalue weighted by atomic mass is 32.2. The molecule has 0 atom stereocenters. The van der Waals surface area contributed by atoms with E-state index in [1.807, 2.05) is 0 Å². The van der Waals surface area contributed by atoms with Gasteiger partial charge in [0.2, 0.25) is 0 Å². The summed E-state index contributed by atoms with van der Waals surface area (Å²) >= 11 is 0. The molecule has 0 radical (unpaired) electrons. The summed E-state index contributed by atoms with van der Waals surface area (Å²) in [4.78, 5) is 22.0. The van der Waals surface area contributed by atoms with Crippen LogP contribution in [0.25, 0.3) is 10.9 Å². The topological polar surface area (TPSA) is 119 Å². The summed E-state index contributed by atoms with van der Waals surface area (Å²) in [7, 11) is -3.99. The number of carbonyl (C=O) groups is 2. The van der Waals surface area contributed by atoms with Crippen LogP contribution in [0.1, 0.15) is 16.1 Å². The van der Waals surface area contributed by atoms with Gasteiger partial charge in [-0.25, -0.2) is 12.8 Å². The van der Waals surface area contributed by atoms with E-state index in [0.717, 1.165) is 12.3 Å². The number of primary amides is 1. The number of carboxylic acid groups (broad SMARTS) is 1. The van der Waals surface area contributed by atoms with E-state index in [4.69, 9.17) is 10.8 Å². The average molecular weight is 328 g/mol. The SMILES string of the molecule is Cc1c(C(N)=O)c2c(S(C)(=O)=O)c(F)ccc2n1CC(=O)O. The maximum Gasteiger partial charge on any atom is 0.323 e.